The van der Waals surface area contributed by atoms with Crippen LogP contribution < -0.4 is 24.3 Å². The van der Waals surface area contributed by atoms with Crippen molar-refractivity contribution in [3.8, 4) is 5.75 Å². The highest BCUT2D eigenvalue weighted by Gasteiger charge is 2.36. The van der Waals surface area contributed by atoms with Crippen LogP contribution in [-0.4, -0.2) is 32.5 Å². The van der Waals surface area contributed by atoms with Gasteiger partial charge in [-0.15, -0.1) is 0 Å². The van der Waals surface area contributed by atoms with Gasteiger partial charge < -0.3 is 24.3 Å². The zero-order chi connectivity index (χ0) is 27.4. The summed E-state index contributed by atoms with van der Waals surface area (Å²) in [5.74, 6) is 0.859. The molecule has 0 aromatic heterocycles. The molecule has 5 aromatic carbocycles. The number of para-hydroxylation sites is 4. The maximum atomic E-state index is 6.77. The van der Waals surface area contributed by atoms with Crippen molar-refractivity contribution in [2.75, 3.05) is 45.8 Å². The largest absolute Gasteiger partial charge is 0.452 e. The van der Waals surface area contributed by atoms with E-state index >= 15 is 0 Å². The van der Waals surface area contributed by atoms with Gasteiger partial charge in [-0.1, -0.05) is 84.9 Å². The number of anilines is 4. The molecule has 2 aliphatic rings. The molecular formula is C36H34N4O. The molecule has 0 aliphatic carbocycles. The summed E-state index contributed by atoms with van der Waals surface area (Å²) in [6, 6.07) is 51.3. The fourth-order valence-electron chi connectivity index (χ4n) is 6.09. The van der Waals surface area contributed by atoms with E-state index in [0.717, 1.165) is 43.3 Å². The van der Waals surface area contributed by atoms with Gasteiger partial charge in [-0.05, 0) is 66.2 Å². The third kappa shape index (κ3) is 5.07. The SMILES string of the molecule is c1ccc(N2CCN(c3ccccc3)C2Oc2ccc(C3N(c4ccccc4)CCN3c3ccccc3)cc2)cc1. The minimum Gasteiger partial charge on any atom is -0.452 e. The Morgan fingerprint density at radius 2 is 0.732 bits per heavy atom. The van der Waals surface area contributed by atoms with E-state index in [2.05, 4.69) is 165 Å². The molecule has 0 bridgehead atoms. The molecule has 2 fully saturated rings. The van der Waals surface area contributed by atoms with Crippen LogP contribution in [0.3, 0.4) is 0 Å². The zero-order valence-corrected chi connectivity index (χ0v) is 23.0. The van der Waals surface area contributed by atoms with Gasteiger partial charge in [0.2, 0.25) is 0 Å². The second kappa shape index (κ2) is 11.3. The van der Waals surface area contributed by atoms with E-state index in [9.17, 15) is 0 Å². The van der Waals surface area contributed by atoms with Crippen LogP contribution in [-0.2, 0) is 0 Å². The lowest BCUT2D eigenvalue weighted by atomic mass is 10.1. The number of ether oxygens (including phenoxy) is 1. The van der Waals surface area contributed by atoms with Crippen LogP contribution in [0.15, 0.2) is 146 Å². The van der Waals surface area contributed by atoms with Crippen LogP contribution in [0.2, 0.25) is 0 Å². The highest BCUT2D eigenvalue weighted by molar-refractivity contribution is 5.60. The zero-order valence-electron chi connectivity index (χ0n) is 23.0. The van der Waals surface area contributed by atoms with E-state index in [1.165, 1.54) is 16.9 Å². The number of rotatable bonds is 7. The lowest BCUT2D eigenvalue weighted by Crippen LogP contribution is -2.43. The predicted octanol–water partition coefficient (Wildman–Crippen LogP) is 7.40. The van der Waals surface area contributed by atoms with Crippen molar-refractivity contribution < 1.29 is 4.74 Å². The van der Waals surface area contributed by atoms with E-state index in [1.54, 1.807) is 0 Å². The Kier molecular flexibility index (Phi) is 6.92. The van der Waals surface area contributed by atoms with Gasteiger partial charge in [0.1, 0.15) is 11.9 Å². The number of nitrogens with zero attached hydrogens (tertiary/aromatic N) is 4. The van der Waals surface area contributed by atoms with Gasteiger partial charge in [-0.2, -0.15) is 0 Å². The summed E-state index contributed by atoms with van der Waals surface area (Å²) in [7, 11) is 0. The van der Waals surface area contributed by atoms with Gasteiger partial charge in [0, 0.05) is 48.9 Å². The van der Waals surface area contributed by atoms with E-state index in [-0.39, 0.29) is 12.5 Å². The van der Waals surface area contributed by atoms with Gasteiger partial charge in [0.25, 0.3) is 6.35 Å². The van der Waals surface area contributed by atoms with Crippen LogP contribution in [0.4, 0.5) is 22.7 Å². The monoisotopic (exact) mass is 538 g/mol. The third-order valence-electron chi connectivity index (χ3n) is 8.06. The van der Waals surface area contributed by atoms with Crippen molar-refractivity contribution in [1.29, 1.82) is 0 Å². The Bertz CT molecular complexity index is 1440. The highest BCUT2D eigenvalue weighted by Crippen LogP contribution is 2.38. The summed E-state index contributed by atoms with van der Waals surface area (Å²) in [5, 5.41) is 0. The van der Waals surface area contributed by atoms with E-state index in [1.807, 2.05) is 0 Å². The van der Waals surface area contributed by atoms with Gasteiger partial charge >= 0.3 is 0 Å². The molecule has 0 N–H and O–H groups in total. The molecular weight excluding hydrogens is 504 g/mol. The first-order chi connectivity index (χ1) is 20.3. The summed E-state index contributed by atoms with van der Waals surface area (Å²) >= 11 is 0. The van der Waals surface area contributed by atoms with Crippen LogP contribution in [0.1, 0.15) is 11.7 Å². The topological polar surface area (TPSA) is 22.2 Å². The first kappa shape index (κ1) is 25.1. The van der Waals surface area contributed by atoms with E-state index < -0.39 is 0 Å². The summed E-state index contributed by atoms with van der Waals surface area (Å²) in [5.41, 5.74) is 6.04. The fraction of sp³-hybridized carbons (Fsp3) is 0.167. The van der Waals surface area contributed by atoms with Crippen molar-refractivity contribution in [1.82, 2.24) is 0 Å². The second-order valence-corrected chi connectivity index (χ2v) is 10.5. The highest BCUT2D eigenvalue weighted by atomic mass is 16.5. The molecule has 0 radical (unpaired) electrons. The number of hydrogen-bond acceptors (Lipinski definition) is 5. The smallest absolute Gasteiger partial charge is 0.253 e. The number of hydrogen-bond donors (Lipinski definition) is 0. The molecule has 5 nitrogen and oxygen atoms in total. The Labute approximate surface area is 242 Å². The molecule has 2 saturated heterocycles. The van der Waals surface area contributed by atoms with Crippen LogP contribution in [0.5, 0.6) is 5.75 Å². The number of benzene rings is 5. The first-order valence-corrected chi connectivity index (χ1v) is 14.4. The summed E-state index contributed by atoms with van der Waals surface area (Å²) in [4.78, 5) is 9.67. The van der Waals surface area contributed by atoms with Crippen LogP contribution in [0, 0.1) is 0 Å². The van der Waals surface area contributed by atoms with Crippen molar-refractivity contribution >= 4 is 22.7 Å². The van der Waals surface area contributed by atoms with Gasteiger partial charge in [0.15, 0.2) is 0 Å². The maximum Gasteiger partial charge on any atom is 0.253 e. The molecule has 2 heterocycles. The van der Waals surface area contributed by atoms with Gasteiger partial charge in [-0.3, -0.25) is 0 Å². The minimum atomic E-state index is -0.237. The Hall–Kier alpha value is -4.90. The van der Waals surface area contributed by atoms with Gasteiger partial charge in [-0.25, -0.2) is 0 Å². The average Bonchev–Trinajstić information content (AvgIpc) is 3.68. The van der Waals surface area contributed by atoms with Crippen molar-refractivity contribution in [2.45, 2.75) is 12.5 Å². The average molecular weight is 539 g/mol. The summed E-state index contributed by atoms with van der Waals surface area (Å²) < 4.78 is 6.77. The molecule has 0 unspecified atom stereocenters. The molecule has 0 saturated carbocycles. The van der Waals surface area contributed by atoms with Crippen LogP contribution in [0.25, 0.3) is 0 Å². The molecule has 5 aromatic rings. The Balaban J connectivity index is 1.19. The lowest BCUT2D eigenvalue weighted by molar-refractivity contribution is 0.215. The molecule has 7 rings (SSSR count). The third-order valence-corrected chi connectivity index (χ3v) is 8.06. The quantitative estimate of drug-likeness (QED) is 0.215. The molecule has 0 spiro atoms. The molecule has 0 atom stereocenters. The molecule has 0 amide bonds. The van der Waals surface area contributed by atoms with Gasteiger partial charge in [0.05, 0.1) is 0 Å². The maximum absolute atomic E-state index is 6.77. The van der Waals surface area contributed by atoms with Crippen molar-refractivity contribution in [3.63, 3.8) is 0 Å². The van der Waals surface area contributed by atoms with E-state index in [4.69, 9.17) is 4.74 Å². The lowest BCUT2D eigenvalue weighted by Gasteiger charge is -2.34. The summed E-state index contributed by atoms with van der Waals surface area (Å²) in [6.07, 6.45) is -0.138. The molecule has 2 aliphatic heterocycles. The van der Waals surface area contributed by atoms with Crippen molar-refractivity contribution in [2.24, 2.45) is 0 Å². The predicted molar refractivity (Wildman–Crippen MR) is 169 cm³/mol. The fourth-order valence-corrected chi connectivity index (χ4v) is 6.09. The van der Waals surface area contributed by atoms with E-state index in [0.29, 0.717) is 0 Å². The van der Waals surface area contributed by atoms with Crippen LogP contribution >= 0.6 is 0 Å². The molecule has 5 heteroatoms. The molecule has 204 valence electrons. The first-order valence-electron chi connectivity index (χ1n) is 14.4. The Morgan fingerprint density at radius 1 is 0.390 bits per heavy atom. The summed E-state index contributed by atoms with van der Waals surface area (Å²) in [6.45, 7) is 3.70. The standard InChI is InChI=1S/C36H34N4O/c1-5-13-30(14-6-1)37-25-26-38(31-15-7-2-8-16-31)35(37)29-21-23-34(24-22-29)41-36-39(32-17-9-3-10-18-32)27-28-40(36)33-19-11-4-12-20-33/h1-24,35-36H,25-28H2. The van der Waals surface area contributed by atoms with Crippen molar-refractivity contribution in [3.05, 3.63) is 151 Å². The molecule has 41 heavy (non-hydrogen) atoms. The second-order valence-electron chi connectivity index (χ2n) is 10.5. The Morgan fingerprint density at radius 3 is 1.12 bits per heavy atom. The normalized spacial score (nSPS) is 16.0. The minimum absolute atomic E-state index is 0.0990.